The highest BCUT2D eigenvalue weighted by atomic mass is 28.4. The third-order valence-electron chi connectivity index (χ3n) is 1.91. The molecular weight excluding hydrogens is 168 g/mol. The van der Waals surface area contributed by atoms with E-state index >= 15 is 0 Å². The molecular formula is C9H14O2Si. The van der Waals surface area contributed by atoms with Gasteiger partial charge in [0.1, 0.15) is 0 Å². The number of rotatable bonds is 2. The average molecular weight is 182 g/mol. The summed E-state index contributed by atoms with van der Waals surface area (Å²) in [6, 6.07) is 7.47. The fraction of sp³-hybridized carbons (Fsp3) is 0.333. The van der Waals surface area contributed by atoms with Crippen molar-refractivity contribution in [1.82, 2.24) is 0 Å². The molecule has 2 N–H and O–H groups in total. The van der Waals surface area contributed by atoms with Gasteiger partial charge >= 0.3 is 8.56 Å². The zero-order valence-corrected chi connectivity index (χ0v) is 8.41. The summed E-state index contributed by atoms with van der Waals surface area (Å²) in [4.78, 5) is 18.7. The third kappa shape index (κ3) is 2.17. The molecule has 0 saturated heterocycles. The summed E-state index contributed by atoms with van der Waals surface area (Å²) in [6.45, 7) is 3.57. The normalized spacial score (nSPS) is 11.7. The molecule has 1 aromatic carbocycles. The zero-order chi connectivity index (χ0) is 9.19. The Bertz CT molecular complexity index is 248. The fourth-order valence-electron chi connectivity index (χ4n) is 1.06. The largest absolute Gasteiger partial charge is 0.408 e. The highest BCUT2D eigenvalue weighted by Crippen LogP contribution is 2.00. The first-order valence-corrected chi connectivity index (χ1v) is 6.47. The maximum atomic E-state index is 9.35. The van der Waals surface area contributed by atoms with Crippen molar-refractivity contribution in [2.75, 3.05) is 0 Å². The summed E-state index contributed by atoms with van der Waals surface area (Å²) >= 11 is 0. The van der Waals surface area contributed by atoms with Gasteiger partial charge in [-0.3, -0.25) is 0 Å². The van der Waals surface area contributed by atoms with E-state index in [2.05, 4.69) is 6.92 Å². The predicted octanol–water partition coefficient (Wildman–Crippen LogP) is 0.513. The standard InChI is InChI=1S/C9H14O2Si/c1-3-8-4-6-9(7-5-8)12(2,10)11/h4-7,10-11H,3H2,1-2H3. The summed E-state index contributed by atoms with van der Waals surface area (Å²) in [5.74, 6) is 0. The summed E-state index contributed by atoms with van der Waals surface area (Å²) in [5.41, 5.74) is 1.22. The lowest BCUT2D eigenvalue weighted by atomic mass is 10.2. The maximum Gasteiger partial charge on any atom is 0.363 e. The highest BCUT2D eigenvalue weighted by Gasteiger charge is 2.23. The van der Waals surface area contributed by atoms with Crippen LogP contribution in [0.5, 0.6) is 0 Å². The number of aryl methyl sites for hydroxylation is 1. The Morgan fingerprint density at radius 2 is 1.67 bits per heavy atom. The first-order valence-electron chi connectivity index (χ1n) is 4.08. The minimum atomic E-state index is -3.07. The molecule has 0 saturated carbocycles. The van der Waals surface area contributed by atoms with Crippen molar-refractivity contribution in [3.8, 4) is 0 Å². The molecule has 0 aromatic heterocycles. The molecule has 3 heteroatoms. The van der Waals surface area contributed by atoms with E-state index in [9.17, 15) is 9.59 Å². The topological polar surface area (TPSA) is 40.5 Å². The van der Waals surface area contributed by atoms with Crippen LogP contribution in [0.25, 0.3) is 0 Å². The summed E-state index contributed by atoms with van der Waals surface area (Å²) in [5, 5.41) is 0.666. The van der Waals surface area contributed by atoms with E-state index in [-0.39, 0.29) is 0 Å². The van der Waals surface area contributed by atoms with E-state index in [1.165, 1.54) is 12.1 Å². The molecule has 66 valence electrons. The molecule has 0 amide bonds. The molecule has 0 bridgehead atoms. The second kappa shape index (κ2) is 3.39. The van der Waals surface area contributed by atoms with Gasteiger partial charge in [-0.05, 0) is 23.7 Å². The van der Waals surface area contributed by atoms with E-state index in [0.717, 1.165) is 6.42 Å². The van der Waals surface area contributed by atoms with Gasteiger partial charge in [-0.1, -0.05) is 31.2 Å². The van der Waals surface area contributed by atoms with Gasteiger partial charge in [-0.25, -0.2) is 0 Å². The highest BCUT2D eigenvalue weighted by molar-refractivity contribution is 6.77. The van der Waals surface area contributed by atoms with Gasteiger partial charge in [0.25, 0.3) is 0 Å². The van der Waals surface area contributed by atoms with Crippen LogP contribution in [-0.2, 0) is 6.42 Å². The minimum Gasteiger partial charge on any atom is -0.408 e. The Balaban J connectivity index is 2.93. The van der Waals surface area contributed by atoms with Crippen molar-refractivity contribution in [1.29, 1.82) is 0 Å². The number of hydrogen-bond donors (Lipinski definition) is 2. The van der Waals surface area contributed by atoms with Crippen LogP contribution in [-0.4, -0.2) is 18.2 Å². The van der Waals surface area contributed by atoms with Crippen LogP contribution in [0.2, 0.25) is 6.55 Å². The van der Waals surface area contributed by atoms with Gasteiger partial charge in [0, 0.05) is 0 Å². The van der Waals surface area contributed by atoms with Gasteiger partial charge < -0.3 is 9.59 Å². The van der Waals surface area contributed by atoms with Crippen LogP contribution in [0, 0.1) is 0 Å². The van der Waals surface area contributed by atoms with E-state index in [4.69, 9.17) is 0 Å². The Kier molecular flexibility index (Phi) is 2.67. The van der Waals surface area contributed by atoms with Crippen molar-refractivity contribution in [2.24, 2.45) is 0 Å². The predicted molar refractivity (Wildman–Crippen MR) is 51.5 cm³/mol. The lowest BCUT2D eigenvalue weighted by Crippen LogP contribution is -2.44. The van der Waals surface area contributed by atoms with Crippen LogP contribution < -0.4 is 5.19 Å². The fourth-order valence-corrected chi connectivity index (χ4v) is 1.85. The molecule has 1 aromatic rings. The van der Waals surface area contributed by atoms with Gasteiger partial charge in [-0.15, -0.1) is 0 Å². The van der Waals surface area contributed by atoms with Crippen LogP contribution in [0.15, 0.2) is 24.3 Å². The molecule has 1 rings (SSSR count). The van der Waals surface area contributed by atoms with Crippen molar-refractivity contribution in [2.45, 2.75) is 19.9 Å². The Labute approximate surface area is 73.7 Å². The van der Waals surface area contributed by atoms with E-state index in [1.54, 1.807) is 12.1 Å². The van der Waals surface area contributed by atoms with Crippen molar-refractivity contribution in [3.05, 3.63) is 29.8 Å². The maximum absolute atomic E-state index is 9.35. The molecule has 12 heavy (non-hydrogen) atoms. The molecule has 0 unspecified atom stereocenters. The lowest BCUT2D eigenvalue weighted by Gasteiger charge is -2.11. The lowest BCUT2D eigenvalue weighted by molar-refractivity contribution is 0.392. The smallest absolute Gasteiger partial charge is 0.363 e. The van der Waals surface area contributed by atoms with Crippen LogP contribution >= 0.6 is 0 Å². The van der Waals surface area contributed by atoms with Crippen molar-refractivity contribution in [3.63, 3.8) is 0 Å². The molecule has 0 atom stereocenters. The SMILES string of the molecule is CCc1ccc([Si](C)(O)O)cc1. The molecule has 0 heterocycles. The van der Waals surface area contributed by atoms with Crippen LogP contribution in [0.1, 0.15) is 12.5 Å². The van der Waals surface area contributed by atoms with Gasteiger partial charge in [0.15, 0.2) is 0 Å². The number of hydrogen-bond acceptors (Lipinski definition) is 2. The number of benzene rings is 1. The molecule has 0 aliphatic heterocycles. The molecule has 0 radical (unpaired) electrons. The summed E-state index contributed by atoms with van der Waals surface area (Å²) in [6.07, 6.45) is 0.982. The van der Waals surface area contributed by atoms with E-state index < -0.39 is 8.56 Å². The monoisotopic (exact) mass is 182 g/mol. The second-order valence-electron chi connectivity index (χ2n) is 3.07. The quantitative estimate of drug-likeness (QED) is 0.654. The first-order chi connectivity index (χ1) is 5.54. The third-order valence-corrected chi connectivity index (χ3v) is 3.34. The van der Waals surface area contributed by atoms with E-state index in [1.807, 2.05) is 12.1 Å². The molecule has 0 fully saturated rings. The average Bonchev–Trinajstić information content (AvgIpc) is 2.03. The van der Waals surface area contributed by atoms with Gasteiger partial charge in [0.2, 0.25) is 0 Å². The zero-order valence-electron chi connectivity index (χ0n) is 7.41. The van der Waals surface area contributed by atoms with Crippen LogP contribution in [0.3, 0.4) is 0 Å². The molecule has 2 nitrogen and oxygen atoms in total. The van der Waals surface area contributed by atoms with Gasteiger partial charge in [0.05, 0.1) is 0 Å². The summed E-state index contributed by atoms with van der Waals surface area (Å²) < 4.78 is 0. The minimum absolute atomic E-state index is 0.666. The van der Waals surface area contributed by atoms with E-state index in [0.29, 0.717) is 5.19 Å². The molecule has 0 spiro atoms. The Hall–Kier alpha value is -0.643. The van der Waals surface area contributed by atoms with Gasteiger partial charge in [-0.2, -0.15) is 0 Å². The second-order valence-corrected chi connectivity index (χ2v) is 5.69. The van der Waals surface area contributed by atoms with Crippen molar-refractivity contribution < 1.29 is 9.59 Å². The molecule has 0 aliphatic carbocycles. The Morgan fingerprint density at radius 3 is 2.00 bits per heavy atom. The summed E-state index contributed by atoms with van der Waals surface area (Å²) in [7, 11) is -3.07. The van der Waals surface area contributed by atoms with Crippen molar-refractivity contribution >= 4 is 13.7 Å². The Morgan fingerprint density at radius 1 is 1.17 bits per heavy atom. The molecule has 0 aliphatic rings. The first kappa shape index (κ1) is 9.44. The van der Waals surface area contributed by atoms with Crippen LogP contribution in [0.4, 0.5) is 0 Å².